The number of aromatic amines is 1. The molecule has 4 heteroatoms. The topological polar surface area (TPSA) is 36.1 Å². The van der Waals surface area contributed by atoms with Crippen LogP contribution in [0.4, 0.5) is 4.39 Å². The van der Waals surface area contributed by atoms with Crippen LogP contribution in [0.15, 0.2) is 30.5 Å². The van der Waals surface area contributed by atoms with Crippen LogP contribution in [0.5, 0.6) is 0 Å². The lowest BCUT2D eigenvalue weighted by atomic mass is 10.1. The number of para-hydroxylation sites is 1. The van der Waals surface area contributed by atoms with Crippen molar-refractivity contribution in [2.45, 2.75) is 25.4 Å². The summed E-state index contributed by atoms with van der Waals surface area (Å²) >= 11 is 0. The van der Waals surface area contributed by atoms with Crippen molar-refractivity contribution in [2.75, 3.05) is 13.1 Å². The van der Waals surface area contributed by atoms with E-state index >= 15 is 0 Å². The van der Waals surface area contributed by atoms with Gasteiger partial charge >= 0.3 is 0 Å². The molecule has 1 aromatic carbocycles. The Morgan fingerprint density at radius 3 is 2.84 bits per heavy atom. The highest BCUT2D eigenvalue weighted by Crippen LogP contribution is 2.20. The van der Waals surface area contributed by atoms with Crippen LogP contribution in [0.2, 0.25) is 0 Å². The number of nitrogens with zero attached hydrogens (tertiary/aromatic N) is 1. The number of hydrogen-bond acceptors (Lipinski definition) is 1. The summed E-state index contributed by atoms with van der Waals surface area (Å²) < 4.78 is 13.1. The van der Waals surface area contributed by atoms with Crippen molar-refractivity contribution in [3.8, 4) is 0 Å². The lowest BCUT2D eigenvalue weighted by Gasteiger charge is -2.28. The Morgan fingerprint density at radius 1 is 1.32 bits per heavy atom. The number of piperidine rings is 1. The fraction of sp³-hybridized carbons (Fsp3) is 0.400. The number of benzene rings is 1. The maximum Gasteiger partial charge on any atom is 0.227 e. The minimum atomic E-state index is -0.739. The predicted octanol–water partition coefficient (Wildman–Crippen LogP) is 2.67. The zero-order valence-electron chi connectivity index (χ0n) is 10.7. The fourth-order valence-electron chi connectivity index (χ4n) is 2.65. The van der Waals surface area contributed by atoms with Crippen LogP contribution in [-0.4, -0.2) is 35.1 Å². The minimum absolute atomic E-state index is 0.0941. The van der Waals surface area contributed by atoms with Crippen LogP contribution in [-0.2, 0) is 11.2 Å². The highest BCUT2D eigenvalue weighted by molar-refractivity contribution is 5.88. The van der Waals surface area contributed by atoms with Gasteiger partial charge in [0.05, 0.1) is 6.42 Å². The van der Waals surface area contributed by atoms with Gasteiger partial charge in [-0.3, -0.25) is 4.79 Å². The summed E-state index contributed by atoms with van der Waals surface area (Å²) in [5, 5.41) is 1.09. The quantitative estimate of drug-likeness (QED) is 0.885. The van der Waals surface area contributed by atoms with Crippen molar-refractivity contribution in [3.63, 3.8) is 0 Å². The number of fused-ring (bicyclic) bond motifs is 1. The number of H-pyrrole nitrogens is 1. The smallest absolute Gasteiger partial charge is 0.227 e. The summed E-state index contributed by atoms with van der Waals surface area (Å²) in [7, 11) is 0. The molecule has 1 aliphatic rings. The van der Waals surface area contributed by atoms with Gasteiger partial charge in [-0.15, -0.1) is 0 Å². The lowest BCUT2D eigenvalue weighted by Crippen LogP contribution is -2.39. The summed E-state index contributed by atoms with van der Waals surface area (Å²) in [6, 6.07) is 7.95. The predicted molar refractivity (Wildman–Crippen MR) is 72.7 cm³/mol. The highest BCUT2D eigenvalue weighted by Gasteiger charge is 2.22. The van der Waals surface area contributed by atoms with E-state index in [9.17, 15) is 9.18 Å². The van der Waals surface area contributed by atoms with Gasteiger partial charge in [-0.05, 0) is 24.5 Å². The van der Waals surface area contributed by atoms with E-state index in [0.29, 0.717) is 32.4 Å². The van der Waals surface area contributed by atoms with Gasteiger partial charge in [-0.25, -0.2) is 4.39 Å². The number of nitrogens with one attached hydrogen (secondary N) is 1. The minimum Gasteiger partial charge on any atom is -0.361 e. The van der Waals surface area contributed by atoms with Gasteiger partial charge in [0.15, 0.2) is 0 Å². The molecule has 3 nitrogen and oxygen atoms in total. The number of likely N-dealkylation sites (tertiary alicyclic amines) is 1. The molecule has 0 unspecified atom stereocenters. The van der Waals surface area contributed by atoms with Crippen LogP contribution in [0.1, 0.15) is 18.4 Å². The molecule has 1 fully saturated rings. The monoisotopic (exact) mass is 260 g/mol. The summed E-state index contributed by atoms with van der Waals surface area (Å²) in [6.07, 6.45) is 2.49. The van der Waals surface area contributed by atoms with Gasteiger partial charge in [-0.2, -0.15) is 0 Å². The summed E-state index contributed by atoms with van der Waals surface area (Å²) in [5.74, 6) is 0.0941. The molecule has 100 valence electrons. The van der Waals surface area contributed by atoms with Crippen molar-refractivity contribution in [1.82, 2.24) is 9.88 Å². The van der Waals surface area contributed by atoms with E-state index in [2.05, 4.69) is 4.98 Å². The number of carbonyl (C=O) groups is 1. The molecule has 1 N–H and O–H groups in total. The molecule has 0 spiro atoms. The number of hydrogen-bond donors (Lipinski definition) is 1. The van der Waals surface area contributed by atoms with Gasteiger partial charge in [0.2, 0.25) is 5.91 Å². The lowest BCUT2D eigenvalue weighted by molar-refractivity contribution is -0.131. The van der Waals surface area contributed by atoms with Gasteiger partial charge < -0.3 is 9.88 Å². The first-order valence-corrected chi connectivity index (χ1v) is 6.71. The molecule has 1 aromatic heterocycles. The molecule has 0 saturated carbocycles. The largest absolute Gasteiger partial charge is 0.361 e. The molecular weight excluding hydrogens is 243 g/mol. The SMILES string of the molecule is O=C(Cc1c[nH]c2ccccc12)N1CCC(F)CC1. The van der Waals surface area contributed by atoms with Crippen molar-refractivity contribution in [2.24, 2.45) is 0 Å². The second-order valence-corrected chi connectivity index (χ2v) is 5.09. The third-order valence-corrected chi connectivity index (χ3v) is 3.79. The molecule has 0 atom stereocenters. The maximum absolute atomic E-state index is 13.1. The Hall–Kier alpha value is -1.84. The fourth-order valence-corrected chi connectivity index (χ4v) is 2.65. The van der Waals surface area contributed by atoms with E-state index < -0.39 is 6.17 Å². The second kappa shape index (κ2) is 5.03. The van der Waals surface area contributed by atoms with Crippen LogP contribution in [0.3, 0.4) is 0 Å². The zero-order valence-corrected chi connectivity index (χ0v) is 10.7. The molecule has 0 radical (unpaired) electrons. The standard InChI is InChI=1S/C15H17FN2O/c16-12-5-7-18(8-6-12)15(19)9-11-10-17-14-4-2-1-3-13(11)14/h1-4,10,12,17H,5-9H2. The first-order valence-electron chi connectivity index (χ1n) is 6.71. The first kappa shape index (κ1) is 12.2. The number of halogens is 1. The van der Waals surface area contributed by atoms with Gasteiger partial charge in [0.25, 0.3) is 0 Å². The molecule has 2 aromatic rings. The Kier molecular flexibility index (Phi) is 3.23. The third kappa shape index (κ3) is 2.48. The van der Waals surface area contributed by atoms with Crippen LogP contribution in [0.25, 0.3) is 10.9 Å². The van der Waals surface area contributed by atoms with E-state index in [1.807, 2.05) is 30.5 Å². The third-order valence-electron chi connectivity index (χ3n) is 3.79. The van der Waals surface area contributed by atoms with Gasteiger partial charge in [-0.1, -0.05) is 18.2 Å². The maximum atomic E-state index is 13.1. The van der Waals surface area contributed by atoms with Crippen LogP contribution >= 0.6 is 0 Å². The Morgan fingerprint density at radius 2 is 2.05 bits per heavy atom. The summed E-state index contributed by atoms with van der Waals surface area (Å²) in [5.41, 5.74) is 2.07. The molecule has 0 aliphatic carbocycles. The zero-order chi connectivity index (χ0) is 13.2. The molecule has 1 saturated heterocycles. The highest BCUT2D eigenvalue weighted by atomic mass is 19.1. The van der Waals surface area contributed by atoms with E-state index in [1.54, 1.807) is 4.90 Å². The van der Waals surface area contributed by atoms with Crippen molar-refractivity contribution in [1.29, 1.82) is 0 Å². The van der Waals surface area contributed by atoms with Gasteiger partial charge in [0, 0.05) is 30.2 Å². The average molecular weight is 260 g/mol. The van der Waals surface area contributed by atoms with E-state index in [1.165, 1.54) is 0 Å². The second-order valence-electron chi connectivity index (χ2n) is 5.09. The van der Waals surface area contributed by atoms with E-state index in [4.69, 9.17) is 0 Å². The summed E-state index contributed by atoms with van der Waals surface area (Å²) in [6.45, 7) is 1.09. The molecular formula is C15H17FN2O. The molecule has 0 bridgehead atoms. The van der Waals surface area contributed by atoms with Crippen LogP contribution < -0.4 is 0 Å². The first-order chi connectivity index (χ1) is 9.24. The van der Waals surface area contributed by atoms with Gasteiger partial charge in [0.1, 0.15) is 6.17 Å². The average Bonchev–Trinajstić information content (AvgIpc) is 2.83. The number of rotatable bonds is 2. The molecule has 1 aliphatic heterocycles. The van der Waals surface area contributed by atoms with E-state index in [0.717, 1.165) is 16.5 Å². The molecule has 1 amide bonds. The van der Waals surface area contributed by atoms with Crippen LogP contribution in [0, 0.1) is 0 Å². The Labute approximate surface area is 111 Å². The normalized spacial score (nSPS) is 17.0. The molecule has 3 rings (SSSR count). The Balaban J connectivity index is 1.72. The molecule has 2 heterocycles. The Bertz CT molecular complexity index is 585. The number of aromatic nitrogens is 1. The number of alkyl halides is 1. The van der Waals surface area contributed by atoms with Crippen molar-refractivity contribution in [3.05, 3.63) is 36.0 Å². The van der Waals surface area contributed by atoms with Crippen molar-refractivity contribution >= 4 is 16.8 Å². The van der Waals surface area contributed by atoms with Crippen molar-refractivity contribution < 1.29 is 9.18 Å². The number of amides is 1. The van der Waals surface area contributed by atoms with E-state index in [-0.39, 0.29) is 5.91 Å². The molecule has 19 heavy (non-hydrogen) atoms. The summed E-state index contributed by atoms with van der Waals surface area (Å²) in [4.78, 5) is 17.2. The number of carbonyl (C=O) groups excluding carboxylic acids is 1.